The Balaban J connectivity index is 1.92. The molecule has 1 aliphatic rings. The van der Waals surface area contributed by atoms with Gasteiger partial charge in [-0.1, -0.05) is 0 Å². The molecule has 1 aliphatic heterocycles. The second-order valence-electron chi connectivity index (χ2n) is 5.51. The summed E-state index contributed by atoms with van der Waals surface area (Å²) >= 11 is 0. The zero-order valence-electron chi connectivity index (χ0n) is 11.0. The Labute approximate surface area is 108 Å². The first-order valence-electron chi connectivity index (χ1n) is 6.36. The van der Waals surface area contributed by atoms with Gasteiger partial charge in [-0.3, -0.25) is 9.78 Å². The molecule has 0 spiro atoms. The Kier molecular flexibility index (Phi) is 3.66. The second-order valence-corrected chi connectivity index (χ2v) is 5.51. The number of rotatable bonds is 3. The van der Waals surface area contributed by atoms with Gasteiger partial charge in [-0.2, -0.15) is 0 Å². The zero-order chi connectivity index (χ0) is 13.2. The van der Waals surface area contributed by atoms with Gasteiger partial charge >= 0.3 is 0 Å². The molecule has 0 aliphatic carbocycles. The Morgan fingerprint density at radius 2 is 2.17 bits per heavy atom. The lowest BCUT2D eigenvalue weighted by atomic mass is 9.90. The van der Waals surface area contributed by atoms with Gasteiger partial charge in [0.05, 0.1) is 12.0 Å². The minimum Gasteiger partial charge on any atom is -0.390 e. The average molecular weight is 248 g/mol. The predicted molar refractivity (Wildman–Crippen MR) is 68.9 cm³/mol. The highest BCUT2D eigenvalue weighted by Gasteiger charge is 2.35. The van der Waals surface area contributed by atoms with Crippen molar-refractivity contribution < 1.29 is 9.90 Å². The first kappa shape index (κ1) is 13.0. The normalized spacial score (nSPS) is 20.2. The summed E-state index contributed by atoms with van der Waals surface area (Å²) in [5.74, 6) is 0.312. The third kappa shape index (κ3) is 3.07. The van der Waals surface area contributed by atoms with Crippen molar-refractivity contribution in [3.63, 3.8) is 0 Å². The molecule has 4 heteroatoms. The van der Waals surface area contributed by atoms with Gasteiger partial charge in [-0.15, -0.1) is 0 Å². The summed E-state index contributed by atoms with van der Waals surface area (Å²) in [7, 11) is 0. The van der Waals surface area contributed by atoms with Gasteiger partial charge < -0.3 is 10.0 Å². The Bertz CT molecular complexity index is 412. The quantitative estimate of drug-likeness (QED) is 0.875. The molecule has 0 radical (unpaired) electrons. The number of hydrogen-bond donors (Lipinski definition) is 1. The smallest absolute Gasteiger partial charge is 0.227 e. The third-order valence-electron chi connectivity index (χ3n) is 3.64. The number of aromatic nitrogens is 1. The summed E-state index contributed by atoms with van der Waals surface area (Å²) in [5.41, 5.74) is 0.285. The summed E-state index contributed by atoms with van der Waals surface area (Å²) < 4.78 is 0. The molecule has 1 atom stereocenters. The van der Waals surface area contributed by atoms with Crippen LogP contribution < -0.4 is 0 Å². The topological polar surface area (TPSA) is 53.4 Å². The summed E-state index contributed by atoms with van der Waals surface area (Å²) in [6.45, 7) is 5.04. The van der Waals surface area contributed by atoms with Crippen LogP contribution in [0.25, 0.3) is 0 Å². The minimum absolute atomic E-state index is 0.132. The number of nitrogens with zero attached hydrogens (tertiary/aromatic N) is 2. The van der Waals surface area contributed by atoms with Gasteiger partial charge in [0.1, 0.15) is 0 Å². The van der Waals surface area contributed by atoms with E-state index in [-0.39, 0.29) is 11.8 Å². The van der Waals surface area contributed by atoms with E-state index in [2.05, 4.69) is 4.98 Å². The highest BCUT2D eigenvalue weighted by atomic mass is 16.3. The molecule has 1 N–H and O–H groups in total. The molecular formula is C14H20N2O2. The van der Waals surface area contributed by atoms with Crippen molar-refractivity contribution in [3.8, 4) is 0 Å². The van der Waals surface area contributed by atoms with Crippen LogP contribution in [-0.4, -0.2) is 39.6 Å². The predicted octanol–water partition coefficient (Wildman–Crippen LogP) is 1.24. The molecule has 1 fully saturated rings. The van der Waals surface area contributed by atoms with E-state index in [9.17, 15) is 9.90 Å². The van der Waals surface area contributed by atoms with Gasteiger partial charge in [-0.25, -0.2) is 0 Å². The molecule has 0 saturated carbocycles. The molecule has 1 unspecified atom stereocenters. The monoisotopic (exact) mass is 248 g/mol. The van der Waals surface area contributed by atoms with E-state index < -0.39 is 5.60 Å². The van der Waals surface area contributed by atoms with Gasteiger partial charge in [-0.05, 0) is 38.0 Å². The van der Waals surface area contributed by atoms with Crippen LogP contribution in [0, 0.1) is 5.92 Å². The highest BCUT2D eigenvalue weighted by molar-refractivity contribution is 5.79. The first-order valence-corrected chi connectivity index (χ1v) is 6.36. The summed E-state index contributed by atoms with van der Waals surface area (Å²) in [6, 6.07) is 3.73. The lowest BCUT2D eigenvalue weighted by molar-refractivity contribution is -0.129. The van der Waals surface area contributed by atoms with Gasteiger partial charge in [0.15, 0.2) is 0 Å². The SMILES string of the molecule is CC(C)(O)C1CCN(C(=O)Cc2ccncc2)C1. The van der Waals surface area contributed by atoms with Crippen molar-refractivity contribution in [2.45, 2.75) is 32.3 Å². The average Bonchev–Trinajstić information content (AvgIpc) is 2.79. The maximum Gasteiger partial charge on any atom is 0.227 e. The maximum absolute atomic E-state index is 12.1. The maximum atomic E-state index is 12.1. The number of carbonyl (C=O) groups is 1. The Morgan fingerprint density at radius 1 is 1.50 bits per heavy atom. The van der Waals surface area contributed by atoms with Crippen LogP contribution in [0.1, 0.15) is 25.8 Å². The number of aliphatic hydroxyl groups is 1. The molecule has 0 bridgehead atoms. The standard InChI is InChI=1S/C14H20N2O2/c1-14(2,18)12-5-8-16(10-12)13(17)9-11-3-6-15-7-4-11/h3-4,6-7,12,18H,5,8-10H2,1-2H3. The second kappa shape index (κ2) is 5.06. The third-order valence-corrected chi connectivity index (χ3v) is 3.64. The molecule has 98 valence electrons. The highest BCUT2D eigenvalue weighted by Crippen LogP contribution is 2.27. The molecule has 2 heterocycles. The molecule has 18 heavy (non-hydrogen) atoms. The van der Waals surface area contributed by atoms with Crippen molar-refractivity contribution in [2.75, 3.05) is 13.1 Å². The van der Waals surface area contributed by atoms with Crippen molar-refractivity contribution in [1.82, 2.24) is 9.88 Å². The van der Waals surface area contributed by atoms with Crippen LogP contribution in [0.3, 0.4) is 0 Å². The van der Waals surface area contributed by atoms with Gasteiger partial charge in [0, 0.05) is 31.4 Å². The Morgan fingerprint density at radius 3 is 2.72 bits per heavy atom. The number of pyridine rings is 1. The molecule has 1 aromatic rings. The number of carbonyl (C=O) groups excluding carboxylic acids is 1. The molecule has 0 aromatic carbocycles. The molecule has 1 saturated heterocycles. The zero-order valence-corrected chi connectivity index (χ0v) is 11.0. The van der Waals surface area contributed by atoms with Gasteiger partial charge in [0.25, 0.3) is 0 Å². The van der Waals surface area contributed by atoms with E-state index >= 15 is 0 Å². The Hall–Kier alpha value is -1.42. The van der Waals surface area contributed by atoms with E-state index in [1.165, 1.54) is 0 Å². The van der Waals surface area contributed by atoms with Crippen molar-refractivity contribution in [2.24, 2.45) is 5.92 Å². The van der Waals surface area contributed by atoms with Crippen LogP contribution in [0.2, 0.25) is 0 Å². The van der Waals surface area contributed by atoms with E-state index in [0.29, 0.717) is 13.0 Å². The van der Waals surface area contributed by atoms with Crippen molar-refractivity contribution >= 4 is 5.91 Å². The van der Waals surface area contributed by atoms with Crippen LogP contribution in [0.15, 0.2) is 24.5 Å². The van der Waals surface area contributed by atoms with E-state index in [1.54, 1.807) is 12.4 Å². The van der Waals surface area contributed by atoms with Crippen LogP contribution in [0.5, 0.6) is 0 Å². The fraction of sp³-hybridized carbons (Fsp3) is 0.571. The molecular weight excluding hydrogens is 228 g/mol. The summed E-state index contributed by atoms with van der Waals surface area (Å²) in [6.07, 6.45) is 4.70. The lowest BCUT2D eigenvalue weighted by Crippen LogP contribution is -2.36. The molecule has 4 nitrogen and oxygen atoms in total. The van der Waals surface area contributed by atoms with Crippen LogP contribution in [-0.2, 0) is 11.2 Å². The first-order chi connectivity index (χ1) is 8.47. The van der Waals surface area contributed by atoms with E-state index in [4.69, 9.17) is 0 Å². The number of hydrogen-bond acceptors (Lipinski definition) is 3. The fourth-order valence-electron chi connectivity index (χ4n) is 2.35. The van der Waals surface area contributed by atoms with Crippen LogP contribution in [0.4, 0.5) is 0 Å². The largest absolute Gasteiger partial charge is 0.390 e. The van der Waals surface area contributed by atoms with Crippen LogP contribution >= 0.6 is 0 Å². The fourth-order valence-corrected chi connectivity index (χ4v) is 2.35. The van der Waals surface area contributed by atoms with E-state index in [1.807, 2.05) is 30.9 Å². The van der Waals surface area contributed by atoms with E-state index in [0.717, 1.165) is 18.5 Å². The summed E-state index contributed by atoms with van der Waals surface area (Å²) in [4.78, 5) is 17.9. The molecule has 1 aromatic heterocycles. The number of amides is 1. The summed E-state index contributed by atoms with van der Waals surface area (Å²) in [5, 5.41) is 9.96. The minimum atomic E-state index is -0.703. The molecule has 1 amide bonds. The van der Waals surface area contributed by atoms with Gasteiger partial charge in [0.2, 0.25) is 5.91 Å². The van der Waals surface area contributed by atoms with Crippen molar-refractivity contribution in [3.05, 3.63) is 30.1 Å². The van der Waals surface area contributed by atoms with Crippen molar-refractivity contribution in [1.29, 1.82) is 0 Å². The lowest BCUT2D eigenvalue weighted by Gasteiger charge is -2.25. The number of likely N-dealkylation sites (tertiary alicyclic amines) is 1. The molecule has 2 rings (SSSR count).